The SMILES string of the molecule is COc1cc2occ(-c3ccc(C)cc3C)c2cc1/C(C)=C/C(=O)NCCCN(C)C. The molecule has 3 rings (SSSR count). The lowest BCUT2D eigenvalue weighted by atomic mass is 9.96. The number of methoxy groups -OCH3 is 1. The molecule has 164 valence electrons. The zero-order valence-electron chi connectivity index (χ0n) is 19.3. The molecule has 31 heavy (non-hydrogen) atoms. The van der Waals surface area contributed by atoms with E-state index in [-0.39, 0.29) is 5.91 Å². The van der Waals surface area contributed by atoms with Crippen LogP contribution < -0.4 is 10.1 Å². The van der Waals surface area contributed by atoms with Crippen LogP contribution in [0.2, 0.25) is 0 Å². The van der Waals surface area contributed by atoms with Crippen LogP contribution in [0.5, 0.6) is 5.75 Å². The Balaban J connectivity index is 1.93. The highest BCUT2D eigenvalue weighted by Crippen LogP contribution is 2.38. The Kier molecular flexibility index (Phi) is 7.18. The first-order valence-corrected chi connectivity index (χ1v) is 10.6. The smallest absolute Gasteiger partial charge is 0.244 e. The van der Waals surface area contributed by atoms with Crippen LogP contribution in [0, 0.1) is 13.8 Å². The monoisotopic (exact) mass is 420 g/mol. The fourth-order valence-electron chi connectivity index (χ4n) is 3.79. The molecule has 0 aliphatic rings. The van der Waals surface area contributed by atoms with Crippen molar-refractivity contribution >= 4 is 22.4 Å². The van der Waals surface area contributed by atoms with Gasteiger partial charge in [0.15, 0.2) is 0 Å². The van der Waals surface area contributed by atoms with E-state index >= 15 is 0 Å². The molecule has 0 aliphatic carbocycles. The van der Waals surface area contributed by atoms with Crippen LogP contribution in [-0.2, 0) is 4.79 Å². The number of ether oxygens (including phenoxy) is 1. The van der Waals surface area contributed by atoms with Gasteiger partial charge >= 0.3 is 0 Å². The molecule has 5 heteroatoms. The highest BCUT2D eigenvalue weighted by molar-refractivity contribution is 6.00. The molecule has 1 N–H and O–H groups in total. The summed E-state index contributed by atoms with van der Waals surface area (Å²) in [5.74, 6) is 0.586. The minimum atomic E-state index is -0.0970. The van der Waals surface area contributed by atoms with Gasteiger partial charge in [0.05, 0.1) is 13.4 Å². The average Bonchev–Trinajstić information content (AvgIpc) is 3.12. The fourth-order valence-corrected chi connectivity index (χ4v) is 3.79. The minimum absolute atomic E-state index is 0.0970. The van der Waals surface area contributed by atoms with Crippen LogP contribution in [0.3, 0.4) is 0 Å². The highest BCUT2D eigenvalue weighted by atomic mass is 16.5. The topological polar surface area (TPSA) is 54.7 Å². The molecule has 1 aromatic heterocycles. The number of nitrogens with zero attached hydrogens (tertiary/aromatic N) is 1. The van der Waals surface area contributed by atoms with E-state index in [1.165, 1.54) is 11.1 Å². The summed E-state index contributed by atoms with van der Waals surface area (Å²) in [6.45, 7) is 7.72. The van der Waals surface area contributed by atoms with Crippen molar-refractivity contribution in [3.05, 3.63) is 59.4 Å². The molecule has 0 saturated heterocycles. The Hall–Kier alpha value is -3.05. The van der Waals surface area contributed by atoms with E-state index in [2.05, 4.69) is 48.3 Å². The second-order valence-corrected chi connectivity index (χ2v) is 8.29. The number of furan rings is 1. The molecule has 1 heterocycles. The number of carbonyl (C=O) groups is 1. The molecule has 0 fully saturated rings. The molecule has 0 aliphatic heterocycles. The molecule has 0 spiro atoms. The van der Waals surface area contributed by atoms with Crippen molar-refractivity contribution in [2.75, 3.05) is 34.3 Å². The van der Waals surface area contributed by atoms with Crippen LogP contribution in [0.15, 0.2) is 47.1 Å². The molecule has 0 atom stereocenters. The number of allylic oxidation sites excluding steroid dienone is 1. The molecule has 1 amide bonds. The van der Waals surface area contributed by atoms with Gasteiger partial charge in [-0.2, -0.15) is 0 Å². The Labute approximate surface area is 184 Å². The van der Waals surface area contributed by atoms with E-state index < -0.39 is 0 Å². The van der Waals surface area contributed by atoms with Gasteiger partial charge in [-0.3, -0.25) is 4.79 Å². The van der Waals surface area contributed by atoms with Crippen LogP contribution in [0.25, 0.3) is 27.7 Å². The summed E-state index contributed by atoms with van der Waals surface area (Å²) in [4.78, 5) is 14.5. The normalized spacial score (nSPS) is 11.9. The van der Waals surface area contributed by atoms with Crippen molar-refractivity contribution in [2.24, 2.45) is 0 Å². The van der Waals surface area contributed by atoms with Crippen molar-refractivity contribution in [1.82, 2.24) is 10.2 Å². The Bertz CT molecular complexity index is 1110. The van der Waals surface area contributed by atoms with E-state index in [0.717, 1.165) is 46.2 Å². The van der Waals surface area contributed by atoms with Gasteiger partial charge in [-0.25, -0.2) is 0 Å². The maximum atomic E-state index is 12.4. The van der Waals surface area contributed by atoms with Gasteiger partial charge in [0.2, 0.25) is 5.91 Å². The van der Waals surface area contributed by atoms with E-state index in [0.29, 0.717) is 12.3 Å². The number of rotatable bonds is 8. The third-order valence-corrected chi connectivity index (χ3v) is 5.42. The quantitative estimate of drug-likeness (QED) is 0.402. The number of nitrogens with one attached hydrogen (secondary N) is 1. The molecular weight excluding hydrogens is 388 g/mol. The molecule has 2 aromatic carbocycles. The summed E-state index contributed by atoms with van der Waals surface area (Å²) in [6.07, 6.45) is 4.34. The van der Waals surface area contributed by atoms with Gasteiger partial charge in [0.1, 0.15) is 11.3 Å². The second-order valence-electron chi connectivity index (χ2n) is 8.29. The first-order chi connectivity index (χ1) is 14.8. The molecule has 0 radical (unpaired) electrons. The second kappa shape index (κ2) is 9.84. The summed E-state index contributed by atoms with van der Waals surface area (Å²) >= 11 is 0. The highest BCUT2D eigenvalue weighted by Gasteiger charge is 2.16. The van der Waals surface area contributed by atoms with Gasteiger partial charge in [-0.15, -0.1) is 0 Å². The third kappa shape index (κ3) is 5.36. The summed E-state index contributed by atoms with van der Waals surface area (Å²) in [6, 6.07) is 10.4. The maximum absolute atomic E-state index is 12.4. The van der Waals surface area contributed by atoms with Crippen molar-refractivity contribution < 1.29 is 13.9 Å². The van der Waals surface area contributed by atoms with E-state index in [1.54, 1.807) is 19.4 Å². The number of hydrogen-bond acceptors (Lipinski definition) is 4. The molecule has 3 aromatic rings. The Morgan fingerprint density at radius 3 is 2.61 bits per heavy atom. The molecule has 5 nitrogen and oxygen atoms in total. The molecule has 0 bridgehead atoms. The zero-order chi connectivity index (χ0) is 22.5. The largest absolute Gasteiger partial charge is 0.496 e. The van der Waals surface area contributed by atoms with Gasteiger partial charge in [0.25, 0.3) is 0 Å². The lowest BCUT2D eigenvalue weighted by Crippen LogP contribution is -2.25. The summed E-state index contributed by atoms with van der Waals surface area (Å²) in [5.41, 5.74) is 7.09. The van der Waals surface area contributed by atoms with Crippen LogP contribution in [0.4, 0.5) is 0 Å². The minimum Gasteiger partial charge on any atom is -0.496 e. The standard InChI is InChI=1S/C26H32N2O3/c1-17-8-9-20(18(2)12-17)23-16-31-25-15-24(30-6)21(14-22(23)25)19(3)13-26(29)27-10-7-11-28(4)5/h8-9,12-16H,7,10-11H2,1-6H3,(H,27,29)/b19-13+. The number of aryl methyl sites for hydroxylation is 2. The number of fused-ring (bicyclic) bond motifs is 1. The lowest BCUT2D eigenvalue weighted by molar-refractivity contribution is -0.116. The summed E-state index contributed by atoms with van der Waals surface area (Å²) in [7, 11) is 5.68. The average molecular weight is 421 g/mol. The molecule has 0 saturated carbocycles. The predicted octanol–water partition coefficient (Wildman–Crippen LogP) is 5.20. The van der Waals surface area contributed by atoms with Crippen molar-refractivity contribution in [2.45, 2.75) is 27.2 Å². The lowest BCUT2D eigenvalue weighted by Gasteiger charge is -2.11. The fraction of sp³-hybridized carbons (Fsp3) is 0.346. The first-order valence-electron chi connectivity index (χ1n) is 10.6. The van der Waals surface area contributed by atoms with Crippen molar-refractivity contribution in [3.8, 4) is 16.9 Å². The third-order valence-electron chi connectivity index (χ3n) is 5.42. The summed E-state index contributed by atoms with van der Waals surface area (Å²) in [5, 5.41) is 3.96. The summed E-state index contributed by atoms with van der Waals surface area (Å²) < 4.78 is 11.4. The first kappa shape index (κ1) is 22.6. The van der Waals surface area contributed by atoms with Crippen molar-refractivity contribution in [1.29, 1.82) is 0 Å². The van der Waals surface area contributed by atoms with Gasteiger partial charge in [-0.1, -0.05) is 23.8 Å². The van der Waals surface area contributed by atoms with E-state index in [4.69, 9.17) is 9.15 Å². The zero-order valence-corrected chi connectivity index (χ0v) is 19.3. The van der Waals surface area contributed by atoms with Gasteiger partial charge in [-0.05, 0) is 70.6 Å². The van der Waals surface area contributed by atoms with Crippen molar-refractivity contribution in [3.63, 3.8) is 0 Å². The van der Waals surface area contributed by atoms with E-state index in [1.807, 2.05) is 27.1 Å². The van der Waals surface area contributed by atoms with Crippen LogP contribution in [0.1, 0.15) is 30.0 Å². The number of amides is 1. The Morgan fingerprint density at radius 1 is 1.16 bits per heavy atom. The number of hydrogen-bond donors (Lipinski definition) is 1. The van der Waals surface area contributed by atoms with Crippen LogP contribution in [-0.4, -0.2) is 45.1 Å². The molecule has 0 unspecified atom stereocenters. The van der Waals surface area contributed by atoms with E-state index in [9.17, 15) is 4.79 Å². The molecular formula is C26H32N2O3. The number of carbonyl (C=O) groups excluding carboxylic acids is 1. The van der Waals surface area contributed by atoms with Gasteiger partial charge < -0.3 is 19.4 Å². The number of benzene rings is 2. The predicted molar refractivity (Wildman–Crippen MR) is 128 cm³/mol. The van der Waals surface area contributed by atoms with Gasteiger partial charge in [0, 0.05) is 35.2 Å². The Morgan fingerprint density at radius 2 is 1.94 bits per heavy atom. The maximum Gasteiger partial charge on any atom is 0.244 e. The van der Waals surface area contributed by atoms with Crippen LogP contribution >= 0.6 is 0 Å².